The van der Waals surface area contributed by atoms with Crippen molar-refractivity contribution in [2.45, 2.75) is 53.1 Å². The van der Waals surface area contributed by atoms with Gasteiger partial charge in [-0.15, -0.1) is 0 Å². The molecule has 0 aliphatic carbocycles. The lowest BCUT2D eigenvalue weighted by Gasteiger charge is -2.28. The summed E-state index contributed by atoms with van der Waals surface area (Å²) in [6.07, 6.45) is -1.12. The van der Waals surface area contributed by atoms with Crippen LogP contribution in [0.4, 0.5) is 5.69 Å². The summed E-state index contributed by atoms with van der Waals surface area (Å²) in [5.41, 5.74) is 2.49. The van der Waals surface area contributed by atoms with E-state index in [4.69, 9.17) is 14.7 Å². The first kappa shape index (κ1) is 24.1. The number of rotatable bonds is 7. The molecule has 1 aliphatic heterocycles. The second-order valence-electron chi connectivity index (χ2n) is 8.55. The van der Waals surface area contributed by atoms with Gasteiger partial charge < -0.3 is 19.5 Å². The van der Waals surface area contributed by atoms with Crippen molar-refractivity contribution < 1.29 is 24.2 Å². The number of anilines is 1. The number of aryl methyl sites for hydroxylation is 2. The molecule has 1 fully saturated rings. The van der Waals surface area contributed by atoms with Crippen molar-refractivity contribution in [1.29, 1.82) is 5.26 Å². The van der Waals surface area contributed by atoms with Crippen molar-refractivity contribution >= 4 is 17.6 Å². The van der Waals surface area contributed by atoms with E-state index in [1.165, 1.54) is 4.90 Å². The summed E-state index contributed by atoms with van der Waals surface area (Å²) in [6, 6.07) is 12.5. The smallest absolute Gasteiger partial charge is 0.349 e. The Morgan fingerprint density at radius 1 is 1.21 bits per heavy atom. The van der Waals surface area contributed by atoms with Gasteiger partial charge in [-0.1, -0.05) is 12.1 Å². The summed E-state index contributed by atoms with van der Waals surface area (Å²) in [6.45, 7) is 9.35. The molecule has 33 heavy (non-hydrogen) atoms. The Morgan fingerprint density at radius 2 is 1.82 bits per heavy atom. The van der Waals surface area contributed by atoms with Gasteiger partial charge in [0.05, 0.1) is 24.8 Å². The zero-order valence-corrected chi connectivity index (χ0v) is 19.6. The van der Waals surface area contributed by atoms with Crippen LogP contribution in [-0.4, -0.2) is 47.0 Å². The highest BCUT2D eigenvalue weighted by Gasteiger charge is 2.37. The molecule has 0 aromatic heterocycles. The predicted molar refractivity (Wildman–Crippen MR) is 122 cm³/mol. The summed E-state index contributed by atoms with van der Waals surface area (Å²) in [7, 11) is 0. The van der Waals surface area contributed by atoms with Gasteiger partial charge >= 0.3 is 5.97 Å². The Hall–Kier alpha value is -3.57. The Kier molecular flexibility index (Phi) is 6.94. The van der Waals surface area contributed by atoms with Crippen LogP contribution in [0.3, 0.4) is 0 Å². The molecule has 8 nitrogen and oxygen atoms in total. The zero-order chi connectivity index (χ0) is 24.3. The molecular formula is C25H29N3O5. The third-order valence-corrected chi connectivity index (χ3v) is 5.51. The van der Waals surface area contributed by atoms with E-state index in [1.807, 2.05) is 26.0 Å². The van der Waals surface area contributed by atoms with Crippen molar-refractivity contribution in [3.8, 4) is 11.8 Å². The van der Waals surface area contributed by atoms with E-state index in [2.05, 4.69) is 6.07 Å². The second kappa shape index (κ2) is 9.51. The second-order valence-corrected chi connectivity index (χ2v) is 8.55. The molecule has 1 N–H and O–H groups in total. The molecule has 8 heteroatoms. The van der Waals surface area contributed by atoms with Gasteiger partial charge in [0.2, 0.25) is 12.3 Å². The third kappa shape index (κ3) is 5.10. The average Bonchev–Trinajstić information content (AvgIpc) is 3.05. The largest absolute Gasteiger partial charge is 0.476 e. The van der Waals surface area contributed by atoms with Crippen LogP contribution >= 0.6 is 0 Å². The Labute approximate surface area is 193 Å². The lowest BCUT2D eigenvalue weighted by molar-refractivity contribution is -0.158. The summed E-state index contributed by atoms with van der Waals surface area (Å²) in [4.78, 5) is 27.8. The number of esters is 1. The number of carbonyl (C=O) groups excluding carboxylic acids is 2. The Morgan fingerprint density at radius 3 is 2.36 bits per heavy atom. The van der Waals surface area contributed by atoms with Crippen molar-refractivity contribution in [2.75, 3.05) is 18.1 Å². The molecule has 0 spiro atoms. The van der Waals surface area contributed by atoms with Gasteiger partial charge in [-0.25, -0.2) is 4.79 Å². The molecule has 1 aliphatic rings. The number of benzene rings is 2. The summed E-state index contributed by atoms with van der Waals surface area (Å²) in [5, 5.41) is 19.8. The zero-order valence-electron chi connectivity index (χ0n) is 19.6. The molecule has 1 unspecified atom stereocenters. The highest BCUT2D eigenvalue weighted by molar-refractivity contribution is 5.85. The van der Waals surface area contributed by atoms with Gasteiger partial charge in [-0.3, -0.25) is 9.69 Å². The van der Waals surface area contributed by atoms with Crippen LogP contribution in [0.2, 0.25) is 0 Å². The first-order valence-electron chi connectivity index (χ1n) is 10.8. The van der Waals surface area contributed by atoms with Gasteiger partial charge in [0.1, 0.15) is 12.3 Å². The first-order chi connectivity index (χ1) is 15.6. The third-order valence-electron chi connectivity index (χ3n) is 5.51. The van der Waals surface area contributed by atoms with E-state index in [9.17, 15) is 14.7 Å². The minimum atomic E-state index is -1.14. The average molecular weight is 452 g/mol. The molecule has 1 amide bonds. The van der Waals surface area contributed by atoms with E-state index in [-0.39, 0.29) is 25.6 Å². The van der Waals surface area contributed by atoms with Crippen LogP contribution in [0, 0.1) is 25.2 Å². The van der Waals surface area contributed by atoms with E-state index >= 15 is 0 Å². The van der Waals surface area contributed by atoms with Crippen molar-refractivity contribution in [3.63, 3.8) is 0 Å². The van der Waals surface area contributed by atoms with Gasteiger partial charge in [0.15, 0.2) is 5.60 Å². The molecule has 0 radical (unpaired) electrons. The number of carbonyl (C=O) groups is 2. The minimum Gasteiger partial charge on any atom is -0.476 e. The number of nitrogens with zero attached hydrogens (tertiary/aromatic N) is 3. The fourth-order valence-electron chi connectivity index (χ4n) is 3.83. The fraction of sp³-hybridized carbons (Fsp3) is 0.400. The molecule has 0 bridgehead atoms. The topological polar surface area (TPSA) is 103 Å². The maximum absolute atomic E-state index is 12.7. The van der Waals surface area contributed by atoms with Crippen LogP contribution in [0.15, 0.2) is 36.4 Å². The van der Waals surface area contributed by atoms with Crippen LogP contribution in [-0.2, 0) is 20.9 Å². The molecule has 1 atom stereocenters. The number of hydrogen-bond acceptors (Lipinski definition) is 7. The number of aliphatic hydroxyl groups excluding tert-OH is 1. The Balaban J connectivity index is 1.77. The van der Waals surface area contributed by atoms with Crippen LogP contribution < -0.4 is 9.64 Å². The van der Waals surface area contributed by atoms with Gasteiger partial charge in [-0.05, 0) is 75.6 Å². The van der Waals surface area contributed by atoms with Crippen LogP contribution in [0.25, 0.3) is 0 Å². The molecule has 174 valence electrons. The highest BCUT2D eigenvalue weighted by Crippen LogP contribution is 2.31. The number of hydrogen-bond donors (Lipinski definition) is 1. The quantitative estimate of drug-likeness (QED) is 0.646. The normalized spacial score (nSPS) is 16.0. The highest BCUT2D eigenvalue weighted by atomic mass is 16.6. The Bertz CT molecular complexity index is 1070. The standard InChI is InChI=1S/C25H29N3O5/c1-6-32-23(30)25(4,5)33-22-16(2)11-19(12-17(22)3)14-28-21(29)15-27(24(28)31)20-9-7-18(13-26)8-10-20/h7-12,24,31H,6,14-15H2,1-5H3. The molecule has 2 aromatic rings. The number of ether oxygens (including phenoxy) is 2. The van der Waals surface area contributed by atoms with Gasteiger partial charge in [0, 0.05) is 5.69 Å². The molecular weight excluding hydrogens is 422 g/mol. The monoisotopic (exact) mass is 451 g/mol. The van der Waals surface area contributed by atoms with E-state index < -0.39 is 17.9 Å². The molecule has 3 rings (SSSR count). The summed E-state index contributed by atoms with van der Waals surface area (Å²) < 4.78 is 11.1. The molecule has 0 saturated carbocycles. The van der Waals surface area contributed by atoms with Crippen molar-refractivity contribution in [3.05, 3.63) is 58.7 Å². The molecule has 2 aromatic carbocycles. The van der Waals surface area contributed by atoms with Crippen molar-refractivity contribution in [1.82, 2.24) is 4.90 Å². The van der Waals surface area contributed by atoms with Crippen LogP contribution in [0.5, 0.6) is 5.75 Å². The van der Waals surface area contributed by atoms with E-state index in [0.29, 0.717) is 17.0 Å². The van der Waals surface area contributed by atoms with Gasteiger partial charge in [-0.2, -0.15) is 5.26 Å². The summed E-state index contributed by atoms with van der Waals surface area (Å²) >= 11 is 0. The SMILES string of the molecule is CCOC(=O)C(C)(C)Oc1c(C)cc(CN2C(=O)CN(c3ccc(C#N)cc3)C2O)cc1C. The lowest BCUT2D eigenvalue weighted by Crippen LogP contribution is -2.40. The molecule has 1 saturated heterocycles. The van der Waals surface area contributed by atoms with E-state index in [1.54, 1.807) is 49.9 Å². The molecule has 1 heterocycles. The first-order valence-corrected chi connectivity index (χ1v) is 10.8. The van der Waals surface area contributed by atoms with Gasteiger partial charge in [0.25, 0.3) is 0 Å². The number of amides is 1. The maximum atomic E-state index is 12.7. The predicted octanol–water partition coefficient (Wildman–Crippen LogP) is 3.02. The lowest BCUT2D eigenvalue weighted by atomic mass is 10.0. The fourth-order valence-corrected chi connectivity index (χ4v) is 3.83. The van der Waals surface area contributed by atoms with E-state index in [0.717, 1.165) is 16.7 Å². The van der Waals surface area contributed by atoms with Crippen LogP contribution in [0.1, 0.15) is 43.0 Å². The maximum Gasteiger partial charge on any atom is 0.349 e. The summed E-state index contributed by atoms with van der Waals surface area (Å²) in [5.74, 6) is -0.0585. The number of nitriles is 1. The number of aliphatic hydroxyl groups is 1. The van der Waals surface area contributed by atoms with Crippen molar-refractivity contribution in [2.24, 2.45) is 0 Å². The minimum absolute atomic E-state index is 0.0416.